The van der Waals surface area contributed by atoms with Gasteiger partial charge in [-0.1, -0.05) is 65.7 Å². The minimum atomic E-state index is -0.903. The molecule has 2 aliphatic heterocycles. The van der Waals surface area contributed by atoms with E-state index in [2.05, 4.69) is 0 Å². The summed E-state index contributed by atoms with van der Waals surface area (Å²) in [4.78, 5) is 34.1. The van der Waals surface area contributed by atoms with Gasteiger partial charge >= 0.3 is 0 Å². The van der Waals surface area contributed by atoms with Crippen molar-refractivity contribution in [1.29, 1.82) is 0 Å². The number of carbonyl (C=O) groups is 2. The molecule has 5 rings (SSSR count). The average molecular weight is 419 g/mol. The highest BCUT2D eigenvalue weighted by Crippen LogP contribution is 2.48. The quantitative estimate of drug-likeness (QED) is 0.578. The van der Waals surface area contributed by atoms with Gasteiger partial charge in [-0.05, 0) is 42.8 Å². The number of hydrogen-bond acceptors (Lipinski definition) is 4. The van der Waals surface area contributed by atoms with Crippen molar-refractivity contribution in [3.05, 3.63) is 95.0 Å². The highest BCUT2D eigenvalue weighted by Gasteiger charge is 2.60. The third-order valence-corrected chi connectivity index (χ3v) is 5.99. The Morgan fingerprint density at radius 3 is 2.17 bits per heavy atom. The zero-order chi connectivity index (χ0) is 20.8. The van der Waals surface area contributed by atoms with E-state index in [0.29, 0.717) is 10.7 Å². The summed E-state index contributed by atoms with van der Waals surface area (Å²) < 4.78 is 0. The van der Waals surface area contributed by atoms with E-state index in [1.54, 1.807) is 23.3 Å². The molecule has 0 saturated carbocycles. The van der Waals surface area contributed by atoms with Gasteiger partial charge < -0.3 is 0 Å². The Morgan fingerprint density at radius 1 is 0.800 bits per heavy atom. The number of nitrogens with zero attached hydrogens (tertiary/aromatic N) is 2. The highest BCUT2D eigenvalue weighted by atomic mass is 35.5. The van der Waals surface area contributed by atoms with Gasteiger partial charge in [0, 0.05) is 5.02 Å². The first kappa shape index (κ1) is 18.9. The fourth-order valence-corrected chi connectivity index (χ4v) is 4.44. The van der Waals surface area contributed by atoms with Crippen molar-refractivity contribution in [2.75, 3.05) is 9.96 Å². The van der Waals surface area contributed by atoms with Crippen molar-refractivity contribution in [2.45, 2.75) is 19.1 Å². The predicted octanol–water partition coefficient (Wildman–Crippen LogP) is 4.70. The molecule has 0 radical (unpaired) electrons. The van der Waals surface area contributed by atoms with Gasteiger partial charge in [0.25, 0.3) is 5.91 Å². The standard InChI is InChI=1S/C24H19ClN2O3/c1-15-11-13-16(14-12-15)26-23(28)20-21(18-9-5-6-10-19(18)25)27(30-22(20)24(26)29)17-7-3-2-4-8-17/h2-14,20-22H,1H3/t20-,21+,22-/m0/s1. The Morgan fingerprint density at radius 2 is 1.47 bits per heavy atom. The highest BCUT2D eigenvalue weighted by molar-refractivity contribution is 6.31. The predicted molar refractivity (Wildman–Crippen MR) is 115 cm³/mol. The van der Waals surface area contributed by atoms with E-state index >= 15 is 0 Å². The second-order valence-corrected chi connectivity index (χ2v) is 7.93. The number of aryl methyl sites for hydroxylation is 1. The summed E-state index contributed by atoms with van der Waals surface area (Å²) >= 11 is 6.51. The zero-order valence-electron chi connectivity index (χ0n) is 16.2. The van der Waals surface area contributed by atoms with E-state index in [1.165, 1.54) is 4.90 Å². The van der Waals surface area contributed by atoms with Crippen LogP contribution in [0.1, 0.15) is 17.2 Å². The van der Waals surface area contributed by atoms with Crippen LogP contribution in [-0.2, 0) is 14.4 Å². The fourth-order valence-electron chi connectivity index (χ4n) is 4.19. The lowest BCUT2D eigenvalue weighted by molar-refractivity contribution is -0.126. The van der Waals surface area contributed by atoms with E-state index in [0.717, 1.165) is 16.8 Å². The molecule has 6 heteroatoms. The van der Waals surface area contributed by atoms with E-state index in [-0.39, 0.29) is 11.8 Å². The molecule has 2 heterocycles. The summed E-state index contributed by atoms with van der Waals surface area (Å²) in [6, 6.07) is 23.6. The molecule has 3 aromatic carbocycles. The number of carbonyl (C=O) groups excluding carboxylic acids is 2. The largest absolute Gasteiger partial charge is 0.273 e. The molecule has 2 saturated heterocycles. The van der Waals surface area contributed by atoms with E-state index < -0.39 is 18.1 Å². The second-order valence-electron chi connectivity index (χ2n) is 7.53. The molecule has 0 unspecified atom stereocenters. The minimum Gasteiger partial charge on any atom is -0.273 e. The van der Waals surface area contributed by atoms with Gasteiger partial charge in [0.05, 0.1) is 17.4 Å². The van der Waals surface area contributed by atoms with Crippen molar-refractivity contribution in [1.82, 2.24) is 0 Å². The molecule has 5 nitrogen and oxygen atoms in total. The molecule has 0 bridgehead atoms. The Balaban J connectivity index is 1.60. The van der Waals surface area contributed by atoms with E-state index in [4.69, 9.17) is 16.4 Å². The number of fused-ring (bicyclic) bond motifs is 1. The van der Waals surface area contributed by atoms with Crippen molar-refractivity contribution in [2.24, 2.45) is 5.92 Å². The molecule has 3 aromatic rings. The Hall–Kier alpha value is -3.15. The van der Waals surface area contributed by atoms with Crippen molar-refractivity contribution < 1.29 is 14.4 Å². The lowest BCUT2D eigenvalue weighted by Crippen LogP contribution is -2.37. The molecule has 0 aromatic heterocycles. The minimum absolute atomic E-state index is 0.280. The summed E-state index contributed by atoms with van der Waals surface area (Å²) in [7, 11) is 0. The number of rotatable bonds is 3. The van der Waals surface area contributed by atoms with Crippen LogP contribution in [0.25, 0.3) is 0 Å². The molecule has 0 N–H and O–H groups in total. The maximum absolute atomic E-state index is 13.5. The van der Waals surface area contributed by atoms with Crippen LogP contribution in [0.3, 0.4) is 0 Å². The first-order valence-corrected chi connectivity index (χ1v) is 10.1. The summed E-state index contributed by atoms with van der Waals surface area (Å²) in [5.41, 5.74) is 3.12. The third kappa shape index (κ3) is 2.90. The number of imide groups is 1. The molecule has 30 heavy (non-hydrogen) atoms. The number of hydrogen-bond donors (Lipinski definition) is 0. The summed E-state index contributed by atoms with van der Waals surface area (Å²) in [5, 5.41) is 2.18. The number of benzene rings is 3. The van der Waals surface area contributed by atoms with E-state index in [1.807, 2.05) is 67.6 Å². The van der Waals surface area contributed by atoms with Crippen LogP contribution >= 0.6 is 11.6 Å². The number of para-hydroxylation sites is 1. The van der Waals surface area contributed by atoms with Gasteiger partial charge in [-0.3, -0.25) is 14.4 Å². The molecule has 0 spiro atoms. The van der Waals surface area contributed by atoms with Crippen molar-refractivity contribution in [3.63, 3.8) is 0 Å². The van der Waals surface area contributed by atoms with E-state index in [9.17, 15) is 9.59 Å². The fraction of sp³-hybridized carbons (Fsp3) is 0.167. The van der Waals surface area contributed by atoms with Gasteiger partial charge in [0.1, 0.15) is 5.92 Å². The summed E-state index contributed by atoms with van der Waals surface area (Å²) in [6.07, 6.45) is -0.903. The monoisotopic (exact) mass is 418 g/mol. The Bertz CT molecular complexity index is 1120. The van der Waals surface area contributed by atoms with Crippen LogP contribution in [0.5, 0.6) is 0 Å². The van der Waals surface area contributed by atoms with Crippen LogP contribution in [0.15, 0.2) is 78.9 Å². The second kappa shape index (κ2) is 7.27. The molecule has 2 fully saturated rings. The molecule has 2 aliphatic rings. The zero-order valence-corrected chi connectivity index (χ0v) is 17.0. The van der Waals surface area contributed by atoms with Gasteiger partial charge in [-0.2, -0.15) is 0 Å². The first-order valence-electron chi connectivity index (χ1n) is 9.76. The van der Waals surface area contributed by atoms with Crippen molar-refractivity contribution >= 4 is 34.8 Å². The molecule has 150 valence electrons. The van der Waals surface area contributed by atoms with Crippen LogP contribution in [0.4, 0.5) is 11.4 Å². The van der Waals surface area contributed by atoms with Crippen molar-refractivity contribution in [3.8, 4) is 0 Å². The molecule has 3 atom stereocenters. The summed E-state index contributed by atoms with van der Waals surface area (Å²) in [5.74, 6) is -1.33. The first-order chi connectivity index (χ1) is 14.6. The Labute approximate surface area is 179 Å². The molecular formula is C24H19ClN2O3. The van der Waals surface area contributed by atoms with Gasteiger partial charge in [0.15, 0.2) is 6.10 Å². The van der Waals surface area contributed by atoms with Gasteiger partial charge in [-0.25, -0.2) is 9.96 Å². The number of halogens is 1. The average Bonchev–Trinajstić information content (AvgIpc) is 3.26. The maximum Gasteiger partial charge on any atom is 0.266 e. The van der Waals surface area contributed by atoms with Crippen LogP contribution < -0.4 is 9.96 Å². The number of anilines is 2. The summed E-state index contributed by atoms with van der Waals surface area (Å²) in [6.45, 7) is 1.96. The Kier molecular flexibility index (Phi) is 4.57. The molecule has 0 aliphatic carbocycles. The maximum atomic E-state index is 13.5. The van der Waals surface area contributed by atoms with Crippen LogP contribution in [0.2, 0.25) is 5.02 Å². The SMILES string of the molecule is Cc1ccc(N2C(=O)[C@@H]3[C@H](ON(c4ccccc4)[C@@H]3c3ccccc3Cl)C2=O)cc1. The molecule has 2 amide bonds. The normalized spacial score (nSPS) is 23.2. The number of hydroxylamine groups is 1. The third-order valence-electron chi connectivity index (χ3n) is 5.64. The lowest BCUT2D eigenvalue weighted by atomic mass is 9.90. The lowest BCUT2D eigenvalue weighted by Gasteiger charge is -2.29. The van der Waals surface area contributed by atoms with Crippen LogP contribution in [0, 0.1) is 12.8 Å². The van der Waals surface area contributed by atoms with Gasteiger partial charge in [0.2, 0.25) is 5.91 Å². The van der Waals surface area contributed by atoms with Gasteiger partial charge in [-0.15, -0.1) is 0 Å². The molecular weight excluding hydrogens is 400 g/mol. The smallest absolute Gasteiger partial charge is 0.266 e. The van der Waals surface area contributed by atoms with Crippen LogP contribution in [-0.4, -0.2) is 17.9 Å². The topological polar surface area (TPSA) is 49.9 Å². The number of amides is 2.